The van der Waals surface area contributed by atoms with E-state index in [4.69, 9.17) is 34.4 Å². The first-order valence-corrected chi connectivity index (χ1v) is 44.6. The lowest BCUT2D eigenvalue weighted by molar-refractivity contribution is 0.462. The molecule has 0 bridgehead atoms. The van der Waals surface area contributed by atoms with Crippen LogP contribution in [-0.2, 0) is 38.5 Å². The summed E-state index contributed by atoms with van der Waals surface area (Å²) in [4.78, 5) is 33.7. The summed E-state index contributed by atoms with van der Waals surface area (Å²) in [5.74, 6) is 7.92. The summed E-state index contributed by atoms with van der Waals surface area (Å²) in [7, 11) is 0. The van der Waals surface area contributed by atoms with E-state index in [-0.39, 0.29) is 18.1 Å². The Morgan fingerprint density at radius 2 is 0.504 bits per heavy atom. The van der Waals surface area contributed by atoms with Gasteiger partial charge in [0.15, 0.2) is 0 Å². The summed E-state index contributed by atoms with van der Waals surface area (Å²) in [5, 5.41) is 0. The van der Waals surface area contributed by atoms with E-state index < -0.39 is 0 Å². The summed E-state index contributed by atoms with van der Waals surface area (Å²) in [5.41, 5.74) is 47.0. The minimum atomic E-state index is 0.268. The maximum absolute atomic E-state index is 5.98. The second-order valence-corrected chi connectivity index (χ2v) is 35.3. The second-order valence-electron chi connectivity index (χ2n) is 35.3. The molecule has 0 aliphatic rings. The number of rotatable bonds is 36. The summed E-state index contributed by atoms with van der Waals surface area (Å²) in [6, 6.07) is 53.0. The molecule has 0 aliphatic carbocycles. The normalized spacial score (nSPS) is 13.2. The van der Waals surface area contributed by atoms with Crippen molar-refractivity contribution in [2.45, 2.75) is 315 Å². The van der Waals surface area contributed by atoms with Crippen LogP contribution >= 0.6 is 0 Å². The average Bonchev–Trinajstić information content (AvgIpc) is 0.901. The van der Waals surface area contributed by atoms with Gasteiger partial charge < -0.3 is 34.4 Å². The molecule has 0 aliphatic heterocycles. The van der Waals surface area contributed by atoms with Gasteiger partial charge in [-0.2, -0.15) is 0 Å². The maximum atomic E-state index is 5.98. The molecule has 0 radical (unpaired) electrons. The van der Waals surface area contributed by atoms with E-state index in [1.165, 1.54) is 83.4 Å². The van der Waals surface area contributed by atoms with Gasteiger partial charge >= 0.3 is 0 Å². The molecular weight excluding hydrogens is 1430 g/mol. The number of aromatic nitrogens is 8. The van der Waals surface area contributed by atoms with Crippen molar-refractivity contribution in [2.75, 3.05) is 0 Å². The van der Waals surface area contributed by atoms with E-state index in [1.54, 1.807) is 24.8 Å². The van der Waals surface area contributed by atoms with Gasteiger partial charge in [-0.25, -0.2) is 0 Å². The summed E-state index contributed by atoms with van der Waals surface area (Å²) >= 11 is 0. The fraction of sp³-hybridized carbons (Fsp3) is 0.553. The van der Waals surface area contributed by atoms with Crippen LogP contribution in [0.25, 0.3) is 0 Å². The zero-order valence-corrected chi connectivity index (χ0v) is 77.0. The van der Waals surface area contributed by atoms with E-state index in [0.29, 0.717) is 71.4 Å². The molecule has 0 fully saturated rings. The topological polar surface area (TPSA) is 259 Å². The van der Waals surface area contributed by atoms with Gasteiger partial charge in [0.05, 0.1) is 0 Å². The molecular formula is C103H166N14. The minimum absolute atomic E-state index is 0.268. The number of aryl methyl sites for hydroxylation is 3. The van der Waals surface area contributed by atoms with Gasteiger partial charge in [0.25, 0.3) is 0 Å². The lowest BCUT2D eigenvalue weighted by Crippen LogP contribution is -2.26. The number of hydrogen-bond acceptors (Lipinski definition) is 14. The van der Waals surface area contributed by atoms with Gasteiger partial charge in [-0.05, 0) is 269 Å². The van der Waals surface area contributed by atoms with Crippen LogP contribution < -0.4 is 34.4 Å². The Morgan fingerprint density at radius 1 is 0.248 bits per heavy atom. The Balaban J connectivity index is 0.000000658. The average molecular weight is 1600 g/mol. The number of benzene rings is 1. The van der Waals surface area contributed by atoms with Gasteiger partial charge in [-0.15, -0.1) is 0 Å². The van der Waals surface area contributed by atoms with Crippen LogP contribution in [0.4, 0.5) is 0 Å². The third kappa shape index (κ3) is 57.9. The third-order valence-electron chi connectivity index (χ3n) is 20.2. The molecule has 9 atom stereocenters. The Morgan fingerprint density at radius 3 is 0.744 bits per heavy atom. The molecule has 9 rings (SSSR count). The van der Waals surface area contributed by atoms with Crippen molar-refractivity contribution in [3.63, 3.8) is 0 Å². The van der Waals surface area contributed by atoms with Crippen LogP contribution in [0.1, 0.15) is 291 Å². The smallest absolute Gasteiger partial charge is 0.0434 e. The number of pyridine rings is 8. The van der Waals surface area contributed by atoms with Crippen molar-refractivity contribution >= 4 is 0 Å². The van der Waals surface area contributed by atoms with E-state index >= 15 is 0 Å². The van der Waals surface area contributed by atoms with Gasteiger partial charge in [0.2, 0.25) is 0 Å². The van der Waals surface area contributed by atoms with E-state index in [9.17, 15) is 0 Å². The number of nitrogens with two attached hydrogens (primary N) is 6. The molecule has 0 saturated carbocycles. The monoisotopic (exact) mass is 1600 g/mol. The van der Waals surface area contributed by atoms with Crippen LogP contribution in [0.15, 0.2) is 226 Å². The second kappa shape index (κ2) is 67.0. The fourth-order valence-corrected chi connectivity index (χ4v) is 13.3. The highest BCUT2D eigenvalue weighted by Crippen LogP contribution is 2.27. The first kappa shape index (κ1) is 107. The highest BCUT2D eigenvalue weighted by molar-refractivity contribution is 5.17. The first-order chi connectivity index (χ1) is 55.8. The van der Waals surface area contributed by atoms with Crippen LogP contribution in [0.5, 0.6) is 0 Å². The predicted octanol–water partition coefficient (Wildman–Crippen LogP) is 23.5. The highest BCUT2D eigenvalue weighted by Gasteiger charge is 2.16. The molecule has 12 N–H and O–H groups in total. The number of hydrogen-bond donors (Lipinski definition) is 6. The van der Waals surface area contributed by atoms with E-state index in [0.717, 1.165) is 100 Å². The maximum Gasteiger partial charge on any atom is 0.0434 e. The largest absolute Gasteiger partial charge is 0.327 e. The van der Waals surface area contributed by atoms with Crippen molar-refractivity contribution < 1.29 is 0 Å². The lowest BCUT2D eigenvalue weighted by atomic mass is 9.92. The molecule has 0 spiro atoms. The Bertz CT molecular complexity index is 3210. The van der Waals surface area contributed by atoms with Gasteiger partial charge in [0.1, 0.15) is 0 Å². The van der Waals surface area contributed by atoms with Crippen LogP contribution in [0.3, 0.4) is 0 Å². The highest BCUT2D eigenvalue weighted by atomic mass is 14.7. The van der Waals surface area contributed by atoms with E-state index in [1.807, 2.05) is 116 Å². The minimum Gasteiger partial charge on any atom is -0.327 e. The molecule has 9 aromatic rings. The van der Waals surface area contributed by atoms with Gasteiger partial charge in [0, 0.05) is 151 Å². The molecule has 0 amide bonds. The predicted molar refractivity (Wildman–Crippen MR) is 505 cm³/mol. The van der Waals surface area contributed by atoms with Gasteiger partial charge in [-0.1, -0.05) is 224 Å². The summed E-state index contributed by atoms with van der Waals surface area (Å²) < 4.78 is 0. The quantitative estimate of drug-likeness (QED) is 0.0213. The molecule has 117 heavy (non-hydrogen) atoms. The third-order valence-corrected chi connectivity index (χ3v) is 20.2. The van der Waals surface area contributed by atoms with Crippen LogP contribution in [0, 0.1) is 53.3 Å². The Kier molecular flexibility index (Phi) is 61.4. The standard InChI is InChI=1S/4C12H19N.5C11H18N2/c1-10(2)12(13)9-8-11-6-4-3-5-7-11;3*1-4-11(9-10(2)3)12-7-5-6-8-13-12;1-9(2)11(12)6-5-10-4-3-7-13-8-10;3*1-9(2)6-11(12)7-10-4-3-5-13-8-10;1-9(2)11(12)7-6-10-5-3-4-8-13-10/h3-7,10,12H,8-9,13H2,1-2H3;3*5-8,10-11H,4,9H2,1-3H3;3-4,7-9,11H,5-6,12H2,1-2H3;4*3-5,8-9,11H,6-7,12H2,1-2H3/t;2*11-;;;2*11-;;/m.10..10../s1. The molecule has 0 saturated heterocycles. The van der Waals surface area contributed by atoms with Crippen molar-refractivity contribution in [3.8, 4) is 0 Å². The van der Waals surface area contributed by atoms with Crippen molar-refractivity contribution in [3.05, 3.63) is 277 Å². The van der Waals surface area contributed by atoms with Crippen LogP contribution in [-0.4, -0.2) is 76.1 Å². The van der Waals surface area contributed by atoms with Crippen molar-refractivity contribution in [1.82, 2.24) is 39.9 Å². The molecule has 8 aromatic heterocycles. The molecule has 5 unspecified atom stereocenters. The molecule has 14 nitrogen and oxygen atoms in total. The summed E-state index contributed by atoms with van der Waals surface area (Å²) in [6.45, 7) is 46.5. The Labute approximate surface area is 715 Å². The van der Waals surface area contributed by atoms with E-state index in [2.05, 4.69) is 270 Å². The van der Waals surface area contributed by atoms with Crippen LogP contribution in [0.2, 0.25) is 0 Å². The van der Waals surface area contributed by atoms with Gasteiger partial charge in [-0.3, -0.25) is 39.9 Å². The summed E-state index contributed by atoms with van der Waals surface area (Å²) in [6.07, 6.45) is 41.8. The zero-order valence-electron chi connectivity index (χ0n) is 77.0. The molecule has 8 heterocycles. The van der Waals surface area contributed by atoms with Crippen molar-refractivity contribution in [1.29, 1.82) is 0 Å². The Hall–Kier alpha value is -7.82. The molecule has 1 aromatic carbocycles. The number of nitrogens with zero attached hydrogens (tertiary/aromatic N) is 8. The zero-order chi connectivity index (χ0) is 87.1. The molecule has 14 heteroatoms. The first-order valence-electron chi connectivity index (χ1n) is 44.6. The lowest BCUT2D eigenvalue weighted by Gasteiger charge is -2.16. The fourth-order valence-electron chi connectivity index (χ4n) is 13.3. The molecule has 648 valence electrons. The SMILES string of the molecule is CC(C)C(N)CCc1ccccc1.CC(C)C(N)CCc1ccccn1.CC(C)C(N)CCc1cccnc1.CC(C)CC(N)Cc1cccnc1.CC(C)C[C@@H](N)Cc1cccnc1.CC(C)C[C@H](N)Cc1cccnc1.CCC(CC(C)C)c1ccccn1.CC[C@@H](CC(C)C)c1ccccn1.CC[C@H](CC(C)C)c1ccccn1. The van der Waals surface area contributed by atoms with Crippen molar-refractivity contribution in [2.24, 2.45) is 87.7 Å².